The van der Waals surface area contributed by atoms with Crippen LogP contribution in [-0.4, -0.2) is 23.4 Å². The summed E-state index contributed by atoms with van der Waals surface area (Å²) in [6, 6.07) is 8.07. The molecule has 0 unspecified atom stereocenters. The van der Waals surface area contributed by atoms with Gasteiger partial charge in [0.1, 0.15) is 5.92 Å². The molecule has 1 fully saturated rings. The van der Waals surface area contributed by atoms with Crippen LogP contribution in [0.15, 0.2) is 28.7 Å². The number of nitrogens with zero attached hydrogens (tertiary/aromatic N) is 1. The SMILES string of the molecule is CCCCCC[C@H]1C/[N+](=C/c2cccc(Br)c2)NC1=O. The molecule has 1 saturated heterocycles. The Morgan fingerprint density at radius 3 is 3.00 bits per heavy atom. The molecule has 0 radical (unpaired) electrons. The highest BCUT2D eigenvalue weighted by atomic mass is 79.9. The Morgan fingerprint density at radius 2 is 2.25 bits per heavy atom. The molecule has 108 valence electrons. The number of carbonyl (C=O) groups excluding carboxylic acids is 1. The Kier molecular flexibility index (Phi) is 5.77. The Morgan fingerprint density at radius 1 is 1.40 bits per heavy atom. The summed E-state index contributed by atoms with van der Waals surface area (Å²) in [5, 5.41) is 0. The van der Waals surface area contributed by atoms with Gasteiger partial charge in [0.15, 0.2) is 6.54 Å². The number of halogens is 1. The number of hydrogen-bond acceptors (Lipinski definition) is 1. The summed E-state index contributed by atoms with van der Waals surface area (Å²) in [6.07, 6.45) is 7.87. The van der Waals surface area contributed by atoms with E-state index in [4.69, 9.17) is 0 Å². The van der Waals surface area contributed by atoms with Crippen molar-refractivity contribution in [2.45, 2.75) is 39.0 Å². The van der Waals surface area contributed by atoms with Gasteiger partial charge in [-0.2, -0.15) is 0 Å². The Balaban J connectivity index is 1.91. The largest absolute Gasteiger partial charge is 0.283 e. The summed E-state index contributed by atoms with van der Waals surface area (Å²) in [5.41, 5.74) is 4.03. The molecule has 1 amide bonds. The molecule has 4 heteroatoms. The third-order valence-corrected chi connectivity index (χ3v) is 4.09. The van der Waals surface area contributed by atoms with Crippen molar-refractivity contribution in [1.29, 1.82) is 0 Å². The standard InChI is InChI=1S/C16H21BrN2O/c1-2-3-4-5-8-14-12-19(18-16(14)20)11-13-7-6-9-15(17)10-13/h6-7,9-11,14H,2-5,8,12H2,1H3/p+1/b19-11-/t14-/m0/s1. The third-order valence-electron chi connectivity index (χ3n) is 3.60. The van der Waals surface area contributed by atoms with E-state index in [-0.39, 0.29) is 11.8 Å². The van der Waals surface area contributed by atoms with Crippen molar-refractivity contribution in [3.05, 3.63) is 34.3 Å². The zero-order chi connectivity index (χ0) is 14.4. The molecule has 1 aliphatic heterocycles. The van der Waals surface area contributed by atoms with Gasteiger partial charge in [-0.15, -0.1) is 10.1 Å². The maximum atomic E-state index is 11.9. The van der Waals surface area contributed by atoms with Crippen LogP contribution < -0.4 is 5.43 Å². The minimum Gasteiger partial charge on any atom is -0.269 e. The van der Waals surface area contributed by atoms with E-state index in [0.29, 0.717) is 0 Å². The van der Waals surface area contributed by atoms with Crippen molar-refractivity contribution >= 4 is 28.1 Å². The van der Waals surface area contributed by atoms with Crippen molar-refractivity contribution in [1.82, 2.24) is 5.43 Å². The van der Waals surface area contributed by atoms with Crippen molar-refractivity contribution in [3.8, 4) is 0 Å². The van der Waals surface area contributed by atoms with E-state index in [9.17, 15) is 4.79 Å². The summed E-state index contributed by atoms with van der Waals surface area (Å²) in [5.74, 6) is 0.294. The van der Waals surface area contributed by atoms with E-state index >= 15 is 0 Å². The fourth-order valence-electron chi connectivity index (χ4n) is 2.49. The first kappa shape index (κ1) is 15.2. The molecule has 1 heterocycles. The molecular formula is C16H22BrN2O+. The average Bonchev–Trinajstić information content (AvgIpc) is 2.75. The lowest BCUT2D eigenvalue weighted by Gasteiger charge is -2.01. The number of unbranched alkanes of at least 4 members (excludes halogenated alkanes) is 3. The fourth-order valence-corrected chi connectivity index (χ4v) is 2.91. The number of hydrogen-bond donors (Lipinski definition) is 1. The minimum atomic E-state index is 0.134. The van der Waals surface area contributed by atoms with Gasteiger partial charge in [0, 0.05) is 10.0 Å². The Labute approximate surface area is 129 Å². The smallest absolute Gasteiger partial charge is 0.269 e. The Bertz CT molecular complexity index is 499. The second kappa shape index (κ2) is 7.58. The van der Waals surface area contributed by atoms with Gasteiger partial charge in [-0.25, -0.2) is 0 Å². The number of rotatable bonds is 6. The number of amides is 1. The molecule has 1 aromatic rings. The highest BCUT2D eigenvalue weighted by Crippen LogP contribution is 2.15. The van der Waals surface area contributed by atoms with Crippen molar-refractivity contribution in [3.63, 3.8) is 0 Å². The van der Waals surface area contributed by atoms with Gasteiger partial charge < -0.3 is 0 Å². The normalized spacial score (nSPS) is 20.4. The minimum absolute atomic E-state index is 0.134. The van der Waals surface area contributed by atoms with E-state index < -0.39 is 0 Å². The van der Waals surface area contributed by atoms with Crippen LogP contribution >= 0.6 is 15.9 Å². The highest BCUT2D eigenvalue weighted by molar-refractivity contribution is 9.10. The number of nitrogens with one attached hydrogen (secondary N) is 1. The lowest BCUT2D eigenvalue weighted by atomic mass is 10.0. The second-order valence-electron chi connectivity index (χ2n) is 5.36. The van der Waals surface area contributed by atoms with Crippen LogP contribution in [-0.2, 0) is 4.79 Å². The van der Waals surface area contributed by atoms with Gasteiger partial charge in [0.2, 0.25) is 6.21 Å². The molecule has 1 atom stereocenters. The van der Waals surface area contributed by atoms with Crippen LogP contribution in [0, 0.1) is 5.92 Å². The van der Waals surface area contributed by atoms with Crippen molar-refractivity contribution in [2.24, 2.45) is 5.92 Å². The second-order valence-corrected chi connectivity index (χ2v) is 6.27. The predicted molar refractivity (Wildman–Crippen MR) is 84.8 cm³/mol. The number of hydrazine groups is 1. The van der Waals surface area contributed by atoms with Gasteiger partial charge in [0.05, 0.1) is 0 Å². The average molecular weight is 338 g/mol. The molecule has 1 N–H and O–H groups in total. The molecule has 20 heavy (non-hydrogen) atoms. The fraction of sp³-hybridized carbons (Fsp3) is 0.500. The van der Waals surface area contributed by atoms with E-state index in [2.05, 4.69) is 28.3 Å². The summed E-state index contributed by atoms with van der Waals surface area (Å²) in [6.45, 7) is 2.98. The highest BCUT2D eigenvalue weighted by Gasteiger charge is 2.33. The topological polar surface area (TPSA) is 32.1 Å². The quantitative estimate of drug-likeness (QED) is 0.625. The van der Waals surface area contributed by atoms with Crippen molar-refractivity contribution in [2.75, 3.05) is 6.54 Å². The van der Waals surface area contributed by atoms with Gasteiger partial charge in [0.25, 0.3) is 5.91 Å². The van der Waals surface area contributed by atoms with E-state index in [0.717, 1.165) is 29.4 Å². The summed E-state index contributed by atoms with van der Waals surface area (Å²) >= 11 is 3.46. The molecule has 1 aromatic carbocycles. The molecule has 0 spiro atoms. The summed E-state index contributed by atoms with van der Waals surface area (Å²) in [4.78, 5) is 11.9. The molecule has 0 aliphatic carbocycles. The maximum absolute atomic E-state index is 11.9. The lowest BCUT2D eigenvalue weighted by Crippen LogP contribution is -2.25. The zero-order valence-electron chi connectivity index (χ0n) is 11.9. The van der Waals surface area contributed by atoms with Crippen LogP contribution in [0.5, 0.6) is 0 Å². The maximum Gasteiger partial charge on any atom is 0.283 e. The van der Waals surface area contributed by atoms with Crippen LogP contribution in [0.4, 0.5) is 0 Å². The number of benzene rings is 1. The molecule has 0 bridgehead atoms. The first-order valence-electron chi connectivity index (χ1n) is 7.36. The first-order valence-corrected chi connectivity index (χ1v) is 8.16. The van der Waals surface area contributed by atoms with Crippen LogP contribution in [0.3, 0.4) is 0 Å². The monoisotopic (exact) mass is 337 g/mol. The van der Waals surface area contributed by atoms with Crippen LogP contribution in [0.25, 0.3) is 0 Å². The molecule has 1 aliphatic rings. The third kappa shape index (κ3) is 4.44. The lowest BCUT2D eigenvalue weighted by molar-refractivity contribution is -0.556. The van der Waals surface area contributed by atoms with Gasteiger partial charge in [-0.05, 0) is 24.6 Å². The number of carbonyl (C=O) groups is 1. The summed E-state index contributed by atoms with van der Waals surface area (Å²) < 4.78 is 2.96. The number of hydrazone groups is 1. The van der Waals surface area contributed by atoms with E-state index in [1.54, 1.807) is 0 Å². The van der Waals surface area contributed by atoms with Gasteiger partial charge >= 0.3 is 0 Å². The van der Waals surface area contributed by atoms with E-state index in [1.807, 2.05) is 35.2 Å². The first-order chi connectivity index (χ1) is 9.69. The van der Waals surface area contributed by atoms with Gasteiger partial charge in [-0.3, -0.25) is 4.79 Å². The molecule has 3 nitrogen and oxygen atoms in total. The molecule has 2 rings (SSSR count). The molecule has 0 aromatic heterocycles. The van der Waals surface area contributed by atoms with Crippen LogP contribution in [0.1, 0.15) is 44.6 Å². The van der Waals surface area contributed by atoms with Gasteiger partial charge in [-0.1, -0.05) is 54.6 Å². The summed E-state index contributed by atoms with van der Waals surface area (Å²) in [7, 11) is 0. The van der Waals surface area contributed by atoms with Crippen molar-refractivity contribution < 1.29 is 9.48 Å². The van der Waals surface area contributed by atoms with Crippen LogP contribution in [0.2, 0.25) is 0 Å². The molecule has 0 saturated carbocycles. The Hall–Kier alpha value is -1.16. The zero-order valence-corrected chi connectivity index (χ0v) is 13.5. The van der Waals surface area contributed by atoms with E-state index in [1.165, 1.54) is 19.3 Å². The molecular weight excluding hydrogens is 316 g/mol. The predicted octanol–water partition coefficient (Wildman–Crippen LogP) is 3.51.